The van der Waals surface area contributed by atoms with Gasteiger partial charge in [-0.2, -0.15) is 11.8 Å². The number of hydrogen-bond acceptors (Lipinski definition) is 4. The van der Waals surface area contributed by atoms with Crippen LogP contribution in [0.5, 0.6) is 0 Å². The van der Waals surface area contributed by atoms with E-state index in [1.807, 2.05) is 11.8 Å². The van der Waals surface area contributed by atoms with Crippen molar-refractivity contribution in [2.24, 2.45) is 0 Å². The Morgan fingerprint density at radius 1 is 1.53 bits per heavy atom. The van der Waals surface area contributed by atoms with Crippen molar-refractivity contribution >= 4 is 17.7 Å². The lowest BCUT2D eigenvalue weighted by Crippen LogP contribution is -2.51. The number of aromatic amines is 1. The number of carbonyl (C=O) groups excluding carboxylic acids is 1. The summed E-state index contributed by atoms with van der Waals surface area (Å²) in [6, 6.07) is 0.198. The van der Waals surface area contributed by atoms with E-state index in [1.165, 1.54) is 12.8 Å². The summed E-state index contributed by atoms with van der Waals surface area (Å²) in [6.07, 6.45) is 8.06. The van der Waals surface area contributed by atoms with Crippen molar-refractivity contribution in [1.29, 1.82) is 0 Å². The second-order valence-corrected chi connectivity index (χ2v) is 6.36. The van der Waals surface area contributed by atoms with Crippen molar-refractivity contribution < 1.29 is 4.79 Å². The Bertz CT molecular complexity index is 461. The second-order valence-electron chi connectivity index (χ2n) is 5.29. The third-order valence-electron chi connectivity index (χ3n) is 4.13. The van der Waals surface area contributed by atoms with E-state index in [2.05, 4.69) is 26.9 Å². The maximum absolute atomic E-state index is 12.3. The molecule has 3 N–H and O–H groups in total. The number of thioether (sulfide) groups is 1. The minimum Gasteiger partial charge on any atom is -0.351 e. The predicted molar refractivity (Wildman–Crippen MR) is 76.0 cm³/mol. The highest BCUT2D eigenvalue weighted by Gasteiger charge is 2.31. The zero-order valence-corrected chi connectivity index (χ0v) is 11.9. The molecule has 1 aliphatic heterocycles. The summed E-state index contributed by atoms with van der Waals surface area (Å²) in [7, 11) is 0. The Labute approximate surface area is 117 Å². The maximum Gasteiger partial charge on any atom is 0.237 e. The van der Waals surface area contributed by atoms with Gasteiger partial charge in [0.25, 0.3) is 0 Å². The first-order valence-electron chi connectivity index (χ1n) is 6.85. The van der Waals surface area contributed by atoms with E-state index in [-0.39, 0.29) is 11.9 Å². The Kier molecular flexibility index (Phi) is 3.79. The molecule has 1 saturated carbocycles. The molecule has 5 nitrogen and oxygen atoms in total. The quantitative estimate of drug-likeness (QED) is 0.767. The van der Waals surface area contributed by atoms with Gasteiger partial charge in [0.15, 0.2) is 0 Å². The number of rotatable bonds is 3. The molecule has 0 radical (unpaired) electrons. The molecule has 104 valence electrons. The molecule has 3 unspecified atom stereocenters. The van der Waals surface area contributed by atoms with Gasteiger partial charge in [0.1, 0.15) is 0 Å². The molecule has 3 rings (SSSR count). The molecule has 2 heterocycles. The number of imidazole rings is 1. The van der Waals surface area contributed by atoms with Crippen LogP contribution in [0.1, 0.15) is 30.7 Å². The SMILES string of the molecule is CSC1CCCC1NC(=O)C1Cc2nc[nH]c2CN1. The van der Waals surface area contributed by atoms with Gasteiger partial charge in [-0.05, 0) is 19.1 Å². The molecule has 1 aliphatic carbocycles. The molecule has 2 aliphatic rings. The van der Waals surface area contributed by atoms with E-state index >= 15 is 0 Å². The van der Waals surface area contributed by atoms with Crippen LogP contribution in [-0.2, 0) is 17.8 Å². The number of carbonyl (C=O) groups is 1. The lowest BCUT2D eigenvalue weighted by Gasteiger charge is -2.26. The van der Waals surface area contributed by atoms with Gasteiger partial charge in [-0.25, -0.2) is 4.98 Å². The van der Waals surface area contributed by atoms with E-state index < -0.39 is 0 Å². The minimum absolute atomic E-state index is 0.125. The Hall–Kier alpha value is -1.01. The first-order valence-corrected chi connectivity index (χ1v) is 8.14. The Balaban J connectivity index is 1.59. The number of aromatic nitrogens is 2. The topological polar surface area (TPSA) is 69.8 Å². The molecule has 6 heteroatoms. The van der Waals surface area contributed by atoms with Crippen molar-refractivity contribution in [1.82, 2.24) is 20.6 Å². The van der Waals surface area contributed by atoms with Crippen LogP contribution in [0.15, 0.2) is 6.33 Å². The molecule has 1 aromatic rings. The highest BCUT2D eigenvalue weighted by Crippen LogP contribution is 2.28. The van der Waals surface area contributed by atoms with Crippen molar-refractivity contribution in [2.45, 2.75) is 49.6 Å². The van der Waals surface area contributed by atoms with Gasteiger partial charge >= 0.3 is 0 Å². The van der Waals surface area contributed by atoms with E-state index in [4.69, 9.17) is 0 Å². The molecule has 1 amide bonds. The van der Waals surface area contributed by atoms with Crippen LogP contribution >= 0.6 is 11.8 Å². The number of nitrogens with zero attached hydrogens (tertiary/aromatic N) is 1. The van der Waals surface area contributed by atoms with E-state index in [1.54, 1.807) is 6.33 Å². The van der Waals surface area contributed by atoms with Crippen molar-refractivity contribution in [2.75, 3.05) is 6.26 Å². The lowest BCUT2D eigenvalue weighted by molar-refractivity contribution is -0.124. The van der Waals surface area contributed by atoms with Gasteiger partial charge < -0.3 is 10.3 Å². The third-order valence-corrected chi connectivity index (χ3v) is 5.30. The van der Waals surface area contributed by atoms with Gasteiger partial charge in [0, 0.05) is 24.3 Å². The summed E-state index contributed by atoms with van der Waals surface area (Å²) in [5.74, 6) is 0.125. The summed E-state index contributed by atoms with van der Waals surface area (Å²) >= 11 is 1.87. The first kappa shape index (κ1) is 13.0. The zero-order chi connectivity index (χ0) is 13.2. The average molecular weight is 280 g/mol. The third kappa shape index (κ3) is 2.65. The van der Waals surface area contributed by atoms with Crippen LogP contribution in [0.25, 0.3) is 0 Å². The summed E-state index contributed by atoms with van der Waals surface area (Å²) in [4.78, 5) is 19.7. The standard InChI is InChI=1S/C13H20N4OS/c1-19-12-4-2-3-8(12)17-13(18)10-5-9-11(6-14-10)16-7-15-9/h7-8,10,12,14H,2-6H2,1H3,(H,15,16)(H,17,18). The van der Waals surface area contributed by atoms with E-state index in [9.17, 15) is 4.79 Å². The molecular formula is C13H20N4OS. The van der Waals surface area contributed by atoms with Crippen LogP contribution < -0.4 is 10.6 Å². The first-order chi connectivity index (χ1) is 9.28. The summed E-state index contributed by atoms with van der Waals surface area (Å²) < 4.78 is 0. The molecule has 1 fully saturated rings. The Morgan fingerprint density at radius 2 is 2.42 bits per heavy atom. The predicted octanol–water partition coefficient (Wildman–Crippen LogP) is 0.824. The summed E-state index contributed by atoms with van der Waals surface area (Å²) in [5.41, 5.74) is 2.12. The summed E-state index contributed by atoms with van der Waals surface area (Å²) in [5, 5.41) is 7.07. The minimum atomic E-state index is -0.140. The van der Waals surface area contributed by atoms with Gasteiger partial charge in [-0.1, -0.05) is 6.42 Å². The molecule has 19 heavy (non-hydrogen) atoms. The van der Waals surface area contributed by atoms with Crippen LogP contribution in [0.4, 0.5) is 0 Å². The fourth-order valence-electron chi connectivity index (χ4n) is 3.01. The largest absolute Gasteiger partial charge is 0.351 e. The smallest absolute Gasteiger partial charge is 0.237 e. The van der Waals surface area contributed by atoms with Crippen LogP contribution in [0, 0.1) is 0 Å². The van der Waals surface area contributed by atoms with Crippen molar-refractivity contribution in [3.63, 3.8) is 0 Å². The van der Waals surface area contributed by atoms with Gasteiger partial charge in [0.2, 0.25) is 5.91 Å². The highest BCUT2D eigenvalue weighted by atomic mass is 32.2. The van der Waals surface area contributed by atoms with Gasteiger partial charge in [0.05, 0.1) is 23.8 Å². The van der Waals surface area contributed by atoms with Crippen LogP contribution in [-0.4, -0.2) is 39.5 Å². The number of nitrogens with one attached hydrogen (secondary N) is 3. The van der Waals surface area contributed by atoms with E-state index in [0.29, 0.717) is 24.3 Å². The number of amides is 1. The van der Waals surface area contributed by atoms with Crippen LogP contribution in [0.2, 0.25) is 0 Å². The monoisotopic (exact) mass is 280 g/mol. The summed E-state index contributed by atoms with van der Waals surface area (Å²) in [6.45, 7) is 0.698. The van der Waals surface area contributed by atoms with Gasteiger partial charge in [-0.15, -0.1) is 0 Å². The second kappa shape index (κ2) is 5.54. The normalized spacial score (nSPS) is 30.1. The zero-order valence-electron chi connectivity index (χ0n) is 11.1. The molecular weight excluding hydrogens is 260 g/mol. The molecule has 0 bridgehead atoms. The van der Waals surface area contributed by atoms with E-state index in [0.717, 1.165) is 17.8 Å². The molecule has 3 atom stereocenters. The number of H-pyrrole nitrogens is 1. The average Bonchev–Trinajstić information content (AvgIpc) is 3.05. The van der Waals surface area contributed by atoms with Crippen LogP contribution in [0.3, 0.4) is 0 Å². The Morgan fingerprint density at radius 3 is 3.26 bits per heavy atom. The number of hydrogen-bond donors (Lipinski definition) is 3. The van der Waals surface area contributed by atoms with Crippen molar-refractivity contribution in [3.05, 3.63) is 17.7 Å². The molecule has 0 saturated heterocycles. The fraction of sp³-hybridized carbons (Fsp3) is 0.692. The molecule has 1 aromatic heterocycles. The number of fused-ring (bicyclic) bond motifs is 1. The molecule has 0 spiro atoms. The fourth-order valence-corrected chi connectivity index (χ4v) is 3.95. The van der Waals surface area contributed by atoms with Gasteiger partial charge in [-0.3, -0.25) is 10.1 Å². The maximum atomic E-state index is 12.3. The van der Waals surface area contributed by atoms with Crippen molar-refractivity contribution in [3.8, 4) is 0 Å². The molecule has 0 aromatic carbocycles. The lowest BCUT2D eigenvalue weighted by atomic mass is 10.0. The highest BCUT2D eigenvalue weighted by molar-refractivity contribution is 7.99.